The minimum atomic E-state index is -0.358. The van der Waals surface area contributed by atoms with Crippen LogP contribution in [-0.2, 0) is 0 Å². The number of amides is 1. The molecule has 2 atom stereocenters. The highest BCUT2D eigenvalue weighted by Crippen LogP contribution is 2.29. The predicted molar refractivity (Wildman–Crippen MR) is 137 cm³/mol. The van der Waals surface area contributed by atoms with Crippen LogP contribution in [0.15, 0.2) is 18.3 Å². The summed E-state index contributed by atoms with van der Waals surface area (Å²) >= 11 is 1.35. The second-order valence-electron chi connectivity index (χ2n) is 9.60. The normalized spacial score (nSPS) is 15.9. The van der Waals surface area contributed by atoms with Crippen LogP contribution in [0.3, 0.4) is 0 Å². The number of hydrogen-bond acceptors (Lipinski definition) is 9. The van der Waals surface area contributed by atoms with Crippen molar-refractivity contribution in [3.63, 3.8) is 0 Å². The molecular weight excluding hydrogens is 483 g/mol. The molecule has 0 bridgehead atoms. The maximum Gasteiger partial charge on any atom is 0.265 e. The number of aliphatic hydroxyl groups excluding tert-OH is 1. The van der Waals surface area contributed by atoms with Gasteiger partial charge in [0.1, 0.15) is 10.7 Å². The van der Waals surface area contributed by atoms with Gasteiger partial charge in [-0.1, -0.05) is 18.3 Å². The maximum absolute atomic E-state index is 14.1. The Balaban J connectivity index is 1.27. The molecule has 10 nitrogen and oxygen atoms in total. The Morgan fingerprint density at radius 3 is 2.78 bits per heavy atom. The molecular formula is C24H29FN8O2S. The lowest BCUT2D eigenvalue weighted by atomic mass is 10.0. The summed E-state index contributed by atoms with van der Waals surface area (Å²) in [5, 5.41) is 15.4. The van der Waals surface area contributed by atoms with Crippen LogP contribution in [0.25, 0.3) is 16.6 Å². The first-order valence-electron chi connectivity index (χ1n) is 11.9. The van der Waals surface area contributed by atoms with Crippen molar-refractivity contribution in [2.75, 3.05) is 30.8 Å². The number of nitrogens with two attached hydrogens (primary N) is 1. The van der Waals surface area contributed by atoms with E-state index in [2.05, 4.69) is 20.1 Å². The van der Waals surface area contributed by atoms with Crippen LogP contribution >= 0.6 is 11.3 Å². The van der Waals surface area contributed by atoms with E-state index in [9.17, 15) is 14.3 Å². The SMILES string of the molecule is Cc1cc(F)cc2c1nc(N)n1nc([C@@H](C)CC[C@H](C)N(C)C(=O)c3cnc(N4CC(O)C4)s3)nc21. The number of aryl methyl sites for hydroxylation is 1. The van der Waals surface area contributed by atoms with Gasteiger partial charge >= 0.3 is 0 Å². The van der Waals surface area contributed by atoms with E-state index in [-0.39, 0.29) is 35.7 Å². The molecule has 0 unspecified atom stereocenters. The molecule has 1 aliphatic heterocycles. The highest BCUT2D eigenvalue weighted by atomic mass is 32.1. The summed E-state index contributed by atoms with van der Waals surface area (Å²) in [6, 6.07) is 2.81. The number of hydrogen-bond donors (Lipinski definition) is 2. The molecule has 0 saturated carbocycles. The van der Waals surface area contributed by atoms with E-state index in [0.717, 1.165) is 18.0 Å². The zero-order valence-corrected chi connectivity index (χ0v) is 21.5. The van der Waals surface area contributed by atoms with Gasteiger partial charge in [0, 0.05) is 37.5 Å². The Kier molecular flexibility index (Phi) is 6.25. The monoisotopic (exact) mass is 512 g/mol. The molecule has 0 spiro atoms. The minimum Gasteiger partial charge on any atom is -0.389 e. The Labute approximate surface area is 211 Å². The number of aliphatic hydroxyl groups is 1. The highest BCUT2D eigenvalue weighted by Gasteiger charge is 2.28. The van der Waals surface area contributed by atoms with E-state index in [1.807, 2.05) is 18.7 Å². The molecule has 36 heavy (non-hydrogen) atoms. The van der Waals surface area contributed by atoms with Crippen LogP contribution in [-0.4, -0.2) is 72.8 Å². The number of thiazole rings is 1. The van der Waals surface area contributed by atoms with Crippen molar-refractivity contribution in [1.29, 1.82) is 0 Å². The lowest BCUT2D eigenvalue weighted by molar-refractivity contribution is 0.0739. The molecule has 5 rings (SSSR count). The van der Waals surface area contributed by atoms with E-state index in [4.69, 9.17) is 5.73 Å². The van der Waals surface area contributed by atoms with Crippen LogP contribution in [0, 0.1) is 12.7 Å². The third-order valence-corrected chi connectivity index (χ3v) is 7.90. The maximum atomic E-state index is 14.1. The second-order valence-corrected chi connectivity index (χ2v) is 10.6. The van der Waals surface area contributed by atoms with Gasteiger partial charge in [0.25, 0.3) is 5.91 Å². The van der Waals surface area contributed by atoms with Gasteiger partial charge in [0.05, 0.1) is 17.8 Å². The number of aromatic nitrogens is 5. The number of nitrogens with zero attached hydrogens (tertiary/aromatic N) is 7. The van der Waals surface area contributed by atoms with Crippen LogP contribution in [0.2, 0.25) is 0 Å². The van der Waals surface area contributed by atoms with Gasteiger partial charge in [0.15, 0.2) is 16.6 Å². The van der Waals surface area contributed by atoms with E-state index < -0.39 is 0 Å². The summed E-state index contributed by atoms with van der Waals surface area (Å²) in [5.74, 6) is 0.362. The number of nitrogen functional groups attached to an aromatic ring is 1. The van der Waals surface area contributed by atoms with Crippen molar-refractivity contribution in [2.24, 2.45) is 0 Å². The Morgan fingerprint density at radius 2 is 2.06 bits per heavy atom. The first-order valence-corrected chi connectivity index (χ1v) is 12.7. The van der Waals surface area contributed by atoms with Crippen LogP contribution in [0.5, 0.6) is 0 Å². The zero-order chi connectivity index (χ0) is 25.7. The summed E-state index contributed by atoms with van der Waals surface area (Å²) in [6.07, 6.45) is 2.77. The zero-order valence-electron chi connectivity index (χ0n) is 20.6. The molecule has 1 saturated heterocycles. The van der Waals surface area contributed by atoms with Crippen LogP contribution < -0.4 is 10.6 Å². The number of halogens is 1. The lowest BCUT2D eigenvalue weighted by Crippen LogP contribution is -2.50. The molecule has 0 radical (unpaired) electrons. The number of benzene rings is 1. The van der Waals surface area contributed by atoms with Crippen molar-refractivity contribution in [3.05, 3.63) is 40.4 Å². The van der Waals surface area contributed by atoms with Gasteiger partial charge in [-0.25, -0.2) is 19.3 Å². The van der Waals surface area contributed by atoms with Crippen LogP contribution in [0.4, 0.5) is 15.5 Å². The summed E-state index contributed by atoms with van der Waals surface area (Å²) in [5.41, 5.74) is 7.91. The van der Waals surface area contributed by atoms with Crippen molar-refractivity contribution < 1.29 is 14.3 Å². The van der Waals surface area contributed by atoms with Crippen molar-refractivity contribution in [3.8, 4) is 0 Å². The second kappa shape index (κ2) is 9.25. The molecule has 190 valence electrons. The summed E-state index contributed by atoms with van der Waals surface area (Å²) in [7, 11) is 1.79. The Morgan fingerprint density at radius 1 is 1.31 bits per heavy atom. The molecule has 4 heterocycles. The number of carbonyl (C=O) groups is 1. The van der Waals surface area contributed by atoms with E-state index >= 15 is 0 Å². The fourth-order valence-corrected chi connectivity index (χ4v) is 5.31. The van der Waals surface area contributed by atoms with Gasteiger partial charge in [-0.15, -0.1) is 5.10 Å². The van der Waals surface area contributed by atoms with Crippen LogP contribution in [0.1, 0.15) is 53.7 Å². The van der Waals surface area contributed by atoms with Crippen molar-refractivity contribution in [2.45, 2.75) is 51.7 Å². The highest BCUT2D eigenvalue weighted by molar-refractivity contribution is 7.17. The standard InChI is InChI=1S/C24H29FN8O2S/c1-12(20-29-21-17-8-15(25)7-13(2)19(17)28-23(26)33(21)30-20)5-6-14(3)31(4)22(35)18-9-27-24(36-18)32-10-16(34)11-32/h7-9,12,14,16,34H,5-6,10-11H2,1-4H3,(H2,26,28)/t12-,14-/m0/s1. The summed E-state index contributed by atoms with van der Waals surface area (Å²) in [4.78, 5) is 30.7. The Hall–Kier alpha value is -3.38. The molecule has 3 aromatic heterocycles. The fourth-order valence-electron chi connectivity index (χ4n) is 4.40. The number of carbonyl (C=O) groups excluding carboxylic acids is 1. The molecule has 3 N–H and O–H groups in total. The molecule has 1 aliphatic rings. The molecule has 4 aromatic rings. The van der Waals surface area contributed by atoms with E-state index in [0.29, 0.717) is 45.9 Å². The predicted octanol–water partition coefficient (Wildman–Crippen LogP) is 2.99. The fraction of sp³-hybridized carbons (Fsp3) is 0.458. The first-order chi connectivity index (χ1) is 17.1. The largest absolute Gasteiger partial charge is 0.389 e. The number of rotatable bonds is 7. The first kappa shape index (κ1) is 24.3. The van der Waals surface area contributed by atoms with Gasteiger partial charge in [0.2, 0.25) is 5.95 Å². The van der Waals surface area contributed by atoms with Crippen molar-refractivity contribution >= 4 is 44.9 Å². The number of β-amino-alcohol motifs (C(OH)–C–C–N with tert-alkyl or cyclic N) is 1. The van der Waals surface area contributed by atoms with E-state index in [1.165, 1.54) is 28.0 Å². The van der Waals surface area contributed by atoms with Crippen molar-refractivity contribution in [1.82, 2.24) is 29.5 Å². The third kappa shape index (κ3) is 4.35. The van der Waals surface area contributed by atoms with Gasteiger partial charge < -0.3 is 20.6 Å². The molecule has 1 aromatic carbocycles. The number of anilines is 2. The average Bonchev–Trinajstić information content (AvgIpc) is 3.48. The summed E-state index contributed by atoms with van der Waals surface area (Å²) in [6.45, 7) is 6.92. The quantitative estimate of drug-likeness (QED) is 0.387. The third-order valence-electron chi connectivity index (χ3n) is 6.85. The van der Waals surface area contributed by atoms with Gasteiger partial charge in [-0.2, -0.15) is 4.52 Å². The molecule has 1 fully saturated rings. The molecule has 0 aliphatic carbocycles. The Bertz CT molecular complexity index is 1450. The summed E-state index contributed by atoms with van der Waals surface area (Å²) < 4.78 is 15.5. The number of fused-ring (bicyclic) bond motifs is 3. The minimum absolute atomic E-state index is 0.00666. The lowest BCUT2D eigenvalue weighted by Gasteiger charge is -2.35. The van der Waals surface area contributed by atoms with Gasteiger partial charge in [-0.3, -0.25) is 4.79 Å². The smallest absolute Gasteiger partial charge is 0.265 e. The molecule has 1 amide bonds. The average molecular weight is 513 g/mol. The molecule has 12 heteroatoms. The topological polar surface area (TPSA) is 126 Å². The van der Waals surface area contributed by atoms with E-state index in [1.54, 1.807) is 25.1 Å². The van der Waals surface area contributed by atoms with Gasteiger partial charge in [-0.05, 0) is 44.4 Å².